The van der Waals surface area contributed by atoms with Crippen LogP contribution in [0.2, 0.25) is 0 Å². The summed E-state index contributed by atoms with van der Waals surface area (Å²) in [5, 5.41) is 4.53. The summed E-state index contributed by atoms with van der Waals surface area (Å²) in [6.45, 7) is 5.64. The Kier molecular flexibility index (Phi) is 8.81. The van der Waals surface area contributed by atoms with Crippen LogP contribution >= 0.6 is 0 Å². The highest BCUT2D eigenvalue weighted by Gasteiger charge is 2.36. The van der Waals surface area contributed by atoms with Gasteiger partial charge in [0.2, 0.25) is 5.91 Å². The molecule has 2 heterocycles. The Hall–Kier alpha value is -3.68. The summed E-state index contributed by atoms with van der Waals surface area (Å²) in [4.78, 5) is 30.3. The first-order valence-corrected chi connectivity index (χ1v) is 13.2. The molecule has 0 spiro atoms. The normalized spacial score (nSPS) is 17.5. The zero-order valence-corrected chi connectivity index (χ0v) is 22.6. The molecule has 1 aromatic heterocycles. The Balaban J connectivity index is 1.49. The van der Waals surface area contributed by atoms with Crippen LogP contribution in [0.1, 0.15) is 48.4 Å². The summed E-state index contributed by atoms with van der Waals surface area (Å²) >= 11 is 0. The Morgan fingerprint density at radius 3 is 2.53 bits per heavy atom. The van der Waals surface area contributed by atoms with Gasteiger partial charge in [0, 0.05) is 52.5 Å². The van der Waals surface area contributed by atoms with Crippen LogP contribution in [0, 0.1) is 17.7 Å². The number of nitrogens with zero attached hydrogens (tertiary/aromatic N) is 4. The quantitative estimate of drug-likeness (QED) is 0.410. The highest BCUT2D eigenvalue weighted by Crippen LogP contribution is 2.28. The summed E-state index contributed by atoms with van der Waals surface area (Å²) in [7, 11) is 3.59. The summed E-state index contributed by atoms with van der Waals surface area (Å²) in [6, 6.07) is 17.6. The van der Waals surface area contributed by atoms with Gasteiger partial charge < -0.3 is 14.5 Å². The smallest absolute Gasteiger partial charge is 0.272 e. The maximum atomic E-state index is 13.5. The van der Waals surface area contributed by atoms with Gasteiger partial charge in [-0.1, -0.05) is 44.2 Å². The summed E-state index contributed by atoms with van der Waals surface area (Å²) in [5.41, 5.74) is 2.50. The molecule has 0 bridgehead atoms. The molecule has 0 radical (unpaired) electrons. The van der Waals surface area contributed by atoms with Crippen molar-refractivity contribution in [2.45, 2.75) is 45.8 Å². The lowest BCUT2D eigenvalue weighted by molar-refractivity contribution is -0.133. The first-order chi connectivity index (χ1) is 18.2. The van der Waals surface area contributed by atoms with Gasteiger partial charge in [-0.05, 0) is 48.2 Å². The van der Waals surface area contributed by atoms with Gasteiger partial charge in [-0.15, -0.1) is 0 Å². The van der Waals surface area contributed by atoms with Gasteiger partial charge in [0.05, 0.1) is 5.69 Å². The number of aromatic nitrogens is 2. The molecule has 2 amide bonds. The van der Waals surface area contributed by atoms with E-state index >= 15 is 0 Å². The van der Waals surface area contributed by atoms with Crippen LogP contribution in [-0.2, 0) is 24.8 Å². The molecule has 38 heavy (non-hydrogen) atoms. The minimum absolute atomic E-state index is 0.0133. The summed E-state index contributed by atoms with van der Waals surface area (Å²) in [5.74, 6) is 0.338. The Labute approximate surface area is 224 Å². The van der Waals surface area contributed by atoms with E-state index in [1.54, 1.807) is 40.7 Å². The number of carbonyl (C=O) groups excluding carboxylic acids is 2. The largest absolute Gasteiger partial charge is 0.490 e. The molecule has 1 fully saturated rings. The van der Waals surface area contributed by atoms with Crippen molar-refractivity contribution in [2.24, 2.45) is 18.9 Å². The van der Waals surface area contributed by atoms with Gasteiger partial charge in [-0.2, -0.15) is 5.10 Å². The molecule has 3 aromatic rings. The number of hydrogen-bond donors (Lipinski definition) is 0. The van der Waals surface area contributed by atoms with E-state index in [1.807, 2.05) is 36.4 Å². The van der Waals surface area contributed by atoms with E-state index in [9.17, 15) is 14.0 Å². The van der Waals surface area contributed by atoms with Gasteiger partial charge in [0.1, 0.15) is 23.4 Å². The van der Waals surface area contributed by atoms with Gasteiger partial charge in [-0.25, -0.2) is 4.39 Å². The van der Waals surface area contributed by atoms with E-state index in [2.05, 4.69) is 18.9 Å². The monoisotopic (exact) mass is 520 g/mol. The minimum atomic E-state index is -0.333. The highest BCUT2D eigenvalue weighted by molar-refractivity contribution is 5.92. The summed E-state index contributed by atoms with van der Waals surface area (Å²) in [6.07, 6.45) is 1.34. The first-order valence-electron chi connectivity index (χ1n) is 13.2. The average Bonchev–Trinajstić information content (AvgIpc) is 3.25. The molecule has 1 aliphatic heterocycles. The maximum Gasteiger partial charge on any atom is 0.272 e. The first kappa shape index (κ1) is 27.4. The van der Waals surface area contributed by atoms with E-state index in [0.717, 1.165) is 17.7 Å². The predicted octanol–water partition coefficient (Wildman–Crippen LogP) is 4.72. The Bertz CT molecular complexity index is 1230. The molecule has 7 nitrogen and oxygen atoms in total. The average molecular weight is 521 g/mol. The number of halogens is 1. The van der Waals surface area contributed by atoms with Gasteiger partial charge in [0.25, 0.3) is 5.91 Å². The minimum Gasteiger partial charge on any atom is -0.490 e. The molecule has 1 saturated heterocycles. The maximum absolute atomic E-state index is 13.5. The molecule has 0 aliphatic carbocycles. The molecule has 2 aromatic carbocycles. The second-order valence-electron chi connectivity index (χ2n) is 10.6. The van der Waals surface area contributed by atoms with E-state index in [1.165, 1.54) is 12.1 Å². The second kappa shape index (κ2) is 12.2. The number of likely N-dealkylation sites (tertiary alicyclic amines) is 1. The van der Waals surface area contributed by atoms with Crippen molar-refractivity contribution in [3.05, 3.63) is 83.4 Å². The van der Waals surface area contributed by atoms with E-state index in [4.69, 9.17) is 4.74 Å². The zero-order valence-electron chi connectivity index (χ0n) is 22.6. The van der Waals surface area contributed by atoms with Crippen molar-refractivity contribution >= 4 is 11.8 Å². The molecule has 2 atom stereocenters. The zero-order chi connectivity index (χ0) is 27.2. The Morgan fingerprint density at radius 2 is 1.84 bits per heavy atom. The van der Waals surface area contributed by atoms with Crippen LogP contribution in [0.4, 0.5) is 4.39 Å². The molecule has 0 unspecified atom stereocenters. The van der Waals surface area contributed by atoms with Crippen LogP contribution in [0.25, 0.3) is 0 Å². The lowest BCUT2D eigenvalue weighted by atomic mass is 9.90. The van der Waals surface area contributed by atoms with Crippen molar-refractivity contribution in [1.29, 1.82) is 0 Å². The molecule has 4 rings (SSSR count). The Morgan fingerprint density at radius 1 is 1.13 bits per heavy atom. The van der Waals surface area contributed by atoms with Crippen molar-refractivity contribution in [3.63, 3.8) is 0 Å². The fourth-order valence-electron chi connectivity index (χ4n) is 4.97. The third-order valence-electron chi connectivity index (χ3n) is 6.94. The molecular weight excluding hydrogens is 483 g/mol. The van der Waals surface area contributed by atoms with Gasteiger partial charge in [-0.3, -0.25) is 14.3 Å². The topological polar surface area (TPSA) is 67.7 Å². The van der Waals surface area contributed by atoms with Gasteiger partial charge >= 0.3 is 0 Å². The lowest BCUT2D eigenvalue weighted by Crippen LogP contribution is -2.49. The highest BCUT2D eigenvalue weighted by atomic mass is 19.1. The standard InChI is InChI=1S/C30H37FN4O3/c1-21(2)16-25-18-27(34(4)32-25)30(37)35-15-14-28(38-26-12-10-24(31)11-13-26)23(20-35)17-29(36)33(3)19-22-8-6-5-7-9-22/h5-13,18,21,23,28H,14-17,19-20H2,1-4H3/t23-,28-/m0/s1. The molecule has 202 valence electrons. The van der Waals surface area contributed by atoms with Crippen molar-refractivity contribution < 1.29 is 18.7 Å². The fraction of sp³-hybridized carbons (Fsp3) is 0.433. The number of aryl methyl sites for hydroxylation is 1. The van der Waals surface area contributed by atoms with Crippen LogP contribution in [0.5, 0.6) is 5.75 Å². The number of piperidine rings is 1. The lowest BCUT2D eigenvalue weighted by Gasteiger charge is -2.38. The predicted molar refractivity (Wildman–Crippen MR) is 144 cm³/mol. The van der Waals surface area contributed by atoms with Crippen molar-refractivity contribution in [2.75, 3.05) is 20.1 Å². The molecule has 0 saturated carbocycles. The van der Waals surface area contributed by atoms with Crippen LogP contribution in [0.3, 0.4) is 0 Å². The SMILES string of the molecule is CC(C)Cc1cc(C(=O)N2CC[C@H](Oc3ccc(F)cc3)[C@@H](CC(=O)N(C)Cc3ccccc3)C2)n(C)n1. The number of amides is 2. The molecular formula is C30H37FN4O3. The van der Waals surface area contributed by atoms with Crippen molar-refractivity contribution in [1.82, 2.24) is 19.6 Å². The van der Waals surface area contributed by atoms with Crippen LogP contribution in [0.15, 0.2) is 60.7 Å². The number of benzene rings is 2. The molecule has 1 aliphatic rings. The second-order valence-corrected chi connectivity index (χ2v) is 10.6. The van der Waals surface area contributed by atoms with Crippen LogP contribution in [-0.4, -0.2) is 57.6 Å². The molecule has 8 heteroatoms. The summed E-state index contributed by atoms with van der Waals surface area (Å²) < 4.78 is 21.3. The molecule has 0 N–H and O–H groups in total. The fourth-order valence-corrected chi connectivity index (χ4v) is 4.97. The number of carbonyl (C=O) groups is 2. The number of rotatable bonds is 9. The van der Waals surface area contributed by atoms with Crippen molar-refractivity contribution in [3.8, 4) is 5.75 Å². The van der Waals surface area contributed by atoms with Gasteiger partial charge in [0.15, 0.2) is 0 Å². The van der Waals surface area contributed by atoms with E-state index in [0.29, 0.717) is 43.4 Å². The third-order valence-corrected chi connectivity index (χ3v) is 6.94. The van der Waals surface area contributed by atoms with E-state index in [-0.39, 0.29) is 36.1 Å². The van der Waals surface area contributed by atoms with E-state index < -0.39 is 0 Å². The third kappa shape index (κ3) is 7.00. The number of ether oxygens (including phenoxy) is 1. The number of hydrogen-bond acceptors (Lipinski definition) is 4. The van der Waals surface area contributed by atoms with Crippen LogP contribution < -0.4 is 4.74 Å².